The van der Waals surface area contributed by atoms with Crippen LogP contribution in [-0.2, 0) is 0 Å². The molecule has 0 bridgehead atoms. The Morgan fingerprint density at radius 1 is 1.20 bits per heavy atom. The lowest BCUT2D eigenvalue weighted by atomic mass is 9.95. The highest BCUT2D eigenvalue weighted by molar-refractivity contribution is 7.80. The number of aromatic nitrogens is 2. The van der Waals surface area contributed by atoms with Crippen LogP contribution >= 0.6 is 35.4 Å². The second-order valence-electron chi connectivity index (χ2n) is 6.77. The van der Waals surface area contributed by atoms with Crippen LogP contribution in [0.5, 0.6) is 0 Å². The van der Waals surface area contributed by atoms with Crippen LogP contribution in [0.3, 0.4) is 0 Å². The van der Waals surface area contributed by atoms with Gasteiger partial charge in [0.05, 0.1) is 11.6 Å². The molecule has 0 saturated carbocycles. The van der Waals surface area contributed by atoms with Gasteiger partial charge in [0.1, 0.15) is 0 Å². The van der Waals surface area contributed by atoms with Gasteiger partial charge in [-0.05, 0) is 61.1 Å². The van der Waals surface area contributed by atoms with Crippen molar-refractivity contribution in [2.24, 2.45) is 0 Å². The Bertz CT molecular complexity index is 1140. The highest BCUT2D eigenvalue weighted by atomic mass is 35.5. The van der Waals surface area contributed by atoms with E-state index in [4.69, 9.17) is 39.9 Å². The van der Waals surface area contributed by atoms with Crippen LogP contribution in [-0.4, -0.2) is 26.7 Å². The molecule has 2 aromatic carbocycles. The predicted molar refractivity (Wildman–Crippen MR) is 124 cm³/mol. The van der Waals surface area contributed by atoms with Crippen LogP contribution in [0.1, 0.15) is 24.4 Å². The molecule has 152 valence electrons. The van der Waals surface area contributed by atoms with Crippen molar-refractivity contribution >= 4 is 46.1 Å². The lowest BCUT2D eigenvalue weighted by Gasteiger charge is -2.36. The predicted octanol–water partition coefficient (Wildman–Crippen LogP) is 5.89. The highest BCUT2D eigenvalue weighted by Gasteiger charge is 2.33. The van der Waals surface area contributed by atoms with Crippen LogP contribution in [0, 0.1) is 0 Å². The Morgan fingerprint density at radius 3 is 2.67 bits per heavy atom. The molecule has 0 saturated heterocycles. The number of hydrogen-bond donors (Lipinski definition) is 1. The van der Waals surface area contributed by atoms with E-state index in [9.17, 15) is 0 Å². The Hall–Kier alpha value is -2.67. The van der Waals surface area contributed by atoms with Gasteiger partial charge in [-0.25, -0.2) is 0 Å². The molecule has 0 radical (unpaired) electrons. The molecule has 2 heterocycles. The van der Waals surface area contributed by atoms with E-state index in [2.05, 4.69) is 22.0 Å². The molecule has 1 aliphatic rings. The monoisotopic (exact) mass is 456 g/mol. The summed E-state index contributed by atoms with van der Waals surface area (Å²) in [7, 11) is 0. The number of rotatable bonds is 5. The summed E-state index contributed by atoms with van der Waals surface area (Å²) in [4.78, 5) is 6.60. The van der Waals surface area contributed by atoms with Crippen LogP contribution in [0.15, 0.2) is 71.4 Å². The van der Waals surface area contributed by atoms with Crippen molar-refractivity contribution < 1.29 is 4.52 Å². The molecule has 0 aliphatic carbocycles. The van der Waals surface area contributed by atoms with Crippen molar-refractivity contribution in [3.05, 3.63) is 88.4 Å². The number of allylic oxidation sites excluding steroid dienone is 1. The van der Waals surface area contributed by atoms with Gasteiger partial charge in [0.2, 0.25) is 5.82 Å². The second-order valence-corrected chi connectivity index (χ2v) is 8.03. The Balaban J connectivity index is 1.82. The van der Waals surface area contributed by atoms with Crippen LogP contribution in [0.25, 0.3) is 17.0 Å². The molecule has 1 aromatic heterocycles. The van der Waals surface area contributed by atoms with E-state index < -0.39 is 0 Å². The summed E-state index contributed by atoms with van der Waals surface area (Å²) in [6.45, 7) is 6.37. The first kappa shape index (κ1) is 20.6. The van der Waals surface area contributed by atoms with Gasteiger partial charge < -0.3 is 14.7 Å². The molecular formula is C22H18Cl2N4OS. The number of benzene rings is 2. The fraction of sp³-hybridized carbons (Fsp3) is 0.136. The molecule has 4 rings (SSSR count). The maximum Gasteiger partial charge on any atom is 0.258 e. The average molecular weight is 457 g/mol. The molecule has 1 aliphatic heterocycles. The van der Waals surface area contributed by atoms with Crippen molar-refractivity contribution in [2.75, 3.05) is 6.54 Å². The third-order valence-corrected chi connectivity index (χ3v) is 5.67. The van der Waals surface area contributed by atoms with Crippen molar-refractivity contribution in [1.29, 1.82) is 0 Å². The topological polar surface area (TPSA) is 54.2 Å². The normalized spacial score (nSPS) is 16.6. The molecular weight excluding hydrogens is 439 g/mol. The summed E-state index contributed by atoms with van der Waals surface area (Å²) in [6.07, 6.45) is 1.79. The first-order valence-corrected chi connectivity index (χ1v) is 10.4. The molecule has 0 amide bonds. The summed E-state index contributed by atoms with van der Waals surface area (Å²) >= 11 is 17.8. The molecule has 0 spiro atoms. The highest BCUT2D eigenvalue weighted by Crippen LogP contribution is 2.38. The third-order valence-electron chi connectivity index (χ3n) is 4.85. The van der Waals surface area contributed by atoms with E-state index in [1.54, 1.807) is 18.2 Å². The standard InChI is InChI=1S/C22H18Cl2N4OS/c1-3-11-28-13(2)18(19(25-22(28)30)15-5-4-6-17(24)12-15)21-26-20(27-29-21)14-7-9-16(23)10-8-14/h3-10,12,19H,1,11H2,2H3,(H,25,30). The quantitative estimate of drug-likeness (QED) is 0.381. The molecule has 8 heteroatoms. The maximum atomic E-state index is 6.24. The fourth-order valence-electron chi connectivity index (χ4n) is 3.39. The van der Waals surface area contributed by atoms with E-state index in [0.717, 1.165) is 22.4 Å². The molecule has 1 unspecified atom stereocenters. The number of nitrogens with one attached hydrogen (secondary N) is 1. The summed E-state index contributed by atoms with van der Waals surface area (Å²) in [5, 5.41) is 9.43. The number of thiocarbonyl (C=S) groups is 1. The van der Waals surface area contributed by atoms with Crippen LogP contribution < -0.4 is 5.32 Å². The van der Waals surface area contributed by atoms with Crippen molar-refractivity contribution in [1.82, 2.24) is 20.4 Å². The Labute approximate surface area is 190 Å². The van der Waals surface area contributed by atoms with Crippen molar-refractivity contribution in [3.63, 3.8) is 0 Å². The fourth-order valence-corrected chi connectivity index (χ4v) is 4.05. The lowest BCUT2D eigenvalue weighted by Crippen LogP contribution is -2.45. The average Bonchev–Trinajstić information content (AvgIpc) is 3.21. The van der Waals surface area contributed by atoms with Gasteiger partial charge >= 0.3 is 0 Å². The smallest absolute Gasteiger partial charge is 0.258 e. The third kappa shape index (κ3) is 3.99. The van der Waals surface area contributed by atoms with Gasteiger partial charge in [0, 0.05) is 27.9 Å². The van der Waals surface area contributed by atoms with E-state index in [1.807, 2.05) is 48.2 Å². The molecule has 1 atom stereocenters. The number of hydrogen-bond acceptors (Lipinski definition) is 4. The zero-order chi connectivity index (χ0) is 21.3. The summed E-state index contributed by atoms with van der Waals surface area (Å²) in [6, 6.07) is 14.6. The maximum absolute atomic E-state index is 6.24. The zero-order valence-corrected chi connectivity index (χ0v) is 18.4. The Kier molecular flexibility index (Phi) is 5.90. The zero-order valence-electron chi connectivity index (χ0n) is 16.1. The lowest BCUT2D eigenvalue weighted by molar-refractivity contribution is 0.399. The van der Waals surface area contributed by atoms with Gasteiger partial charge in [0.15, 0.2) is 5.11 Å². The number of halogens is 2. The van der Waals surface area contributed by atoms with Crippen LogP contribution in [0.2, 0.25) is 10.0 Å². The minimum absolute atomic E-state index is 0.282. The van der Waals surface area contributed by atoms with Gasteiger partial charge in [-0.3, -0.25) is 0 Å². The first-order valence-electron chi connectivity index (χ1n) is 9.23. The molecule has 0 fully saturated rings. The minimum Gasteiger partial charge on any atom is -0.351 e. The number of nitrogens with zero attached hydrogens (tertiary/aromatic N) is 3. The Morgan fingerprint density at radius 2 is 1.97 bits per heavy atom. The van der Waals surface area contributed by atoms with Gasteiger partial charge in [0.25, 0.3) is 5.89 Å². The van der Waals surface area contributed by atoms with Gasteiger partial charge in [-0.1, -0.05) is 46.6 Å². The van der Waals surface area contributed by atoms with Crippen molar-refractivity contribution in [2.45, 2.75) is 13.0 Å². The summed E-state index contributed by atoms with van der Waals surface area (Å²) in [5.74, 6) is 0.890. The molecule has 5 nitrogen and oxygen atoms in total. The van der Waals surface area contributed by atoms with Gasteiger partial charge in [-0.15, -0.1) is 6.58 Å². The van der Waals surface area contributed by atoms with Gasteiger partial charge in [-0.2, -0.15) is 4.98 Å². The largest absolute Gasteiger partial charge is 0.351 e. The molecule has 1 N–H and O–H groups in total. The second kappa shape index (κ2) is 8.60. The van der Waals surface area contributed by atoms with E-state index in [0.29, 0.717) is 33.4 Å². The SMILES string of the molecule is C=CCN1C(=S)NC(c2cccc(Cl)c2)C(c2nc(-c3ccc(Cl)cc3)no2)=C1C. The molecule has 3 aromatic rings. The van der Waals surface area contributed by atoms with E-state index >= 15 is 0 Å². The van der Waals surface area contributed by atoms with E-state index in [1.165, 1.54) is 0 Å². The minimum atomic E-state index is -0.282. The van der Waals surface area contributed by atoms with Crippen molar-refractivity contribution in [3.8, 4) is 11.4 Å². The first-order chi connectivity index (χ1) is 14.5. The van der Waals surface area contributed by atoms with Crippen LogP contribution in [0.4, 0.5) is 0 Å². The van der Waals surface area contributed by atoms with E-state index in [-0.39, 0.29) is 6.04 Å². The molecule has 30 heavy (non-hydrogen) atoms. The summed E-state index contributed by atoms with van der Waals surface area (Å²) in [5.41, 5.74) is 3.51. The summed E-state index contributed by atoms with van der Waals surface area (Å²) < 4.78 is 5.68.